The maximum absolute atomic E-state index is 2.32. The van der Waals surface area contributed by atoms with E-state index in [1.54, 1.807) is 0 Å². The van der Waals surface area contributed by atoms with Crippen molar-refractivity contribution < 1.29 is 0 Å². The molecule has 3 rings (SSSR count). The minimum Gasteiger partial charge on any atom is -0.0642 e. The van der Waals surface area contributed by atoms with Crippen molar-refractivity contribution in [2.75, 3.05) is 0 Å². The molecule has 95 valence electrons. The second kappa shape index (κ2) is 4.70. The molecule has 2 aromatic carbocycles. The van der Waals surface area contributed by atoms with Gasteiger partial charge in [0, 0.05) is 6.42 Å². The standard InChI is InChI=1S/C19H19/c1-4-15-9-10-16-11-13(2)12-18(16)19(15)17-8-6-5-7-14(17)3/h5-12H,4H2,1-3H3. The predicted octanol–water partition coefficient (Wildman–Crippen LogP) is 5.19. The fourth-order valence-electron chi connectivity index (χ4n) is 2.94. The summed E-state index contributed by atoms with van der Waals surface area (Å²) in [4.78, 5) is 0. The van der Waals surface area contributed by atoms with Crippen LogP contribution in [0.1, 0.15) is 36.1 Å². The minimum absolute atomic E-state index is 1.07. The second-order valence-electron chi connectivity index (χ2n) is 5.30. The second-order valence-corrected chi connectivity index (χ2v) is 5.30. The van der Waals surface area contributed by atoms with Crippen molar-refractivity contribution in [3.8, 4) is 11.1 Å². The molecule has 0 heterocycles. The number of benzene rings is 2. The Labute approximate surface area is 115 Å². The van der Waals surface area contributed by atoms with Crippen molar-refractivity contribution >= 4 is 6.08 Å². The van der Waals surface area contributed by atoms with E-state index in [4.69, 9.17) is 0 Å². The van der Waals surface area contributed by atoms with Gasteiger partial charge in [-0.1, -0.05) is 55.0 Å². The monoisotopic (exact) mass is 247 g/mol. The van der Waals surface area contributed by atoms with Crippen LogP contribution in [0.15, 0.2) is 42.0 Å². The van der Waals surface area contributed by atoms with Gasteiger partial charge in [0.05, 0.1) is 0 Å². The van der Waals surface area contributed by atoms with Crippen LogP contribution in [0, 0.1) is 13.3 Å². The number of hydrogen-bond acceptors (Lipinski definition) is 0. The molecular weight excluding hydrogens is 228 g/mol. The molecule has 0 saturated carbocycles. The summed E-state index contributed by atoms with van der Waals surface area (Å²) >= 11 is 0. The average molecular weight is 247 g/mol. The number of allylic oxidation sites excluding steroid dienone is 1. The Kier molecular flexibility index (Phi) is 3.02. The summed E-state index contributed by atoms with van der Waals surface area (Å²) in [5, 5.41) is 0. The van der Waals surface area contributed by atoms with Crippen LogP contribution in [0.2, 0.25) is 0 Å². The fourth-order valence-corrected chi connectivity index (χ4v) is 2.94. The SMILES string of the molecule is CCc1ccc2c(c1-c1ccccc1C)C=C(C)[CH]2. The van der Waals surface area contributed by atoms with Gasteiger partial charge in [0.2, 0.25) is 0 Å². The highest BCUT2D eigenvalue weighted by molar-refractivity contribution is 5.86. The summed E-state index contributed by atoms with van der Waals surface area (Å²) in [5.74, 6) is 0. The van der Waals surface area contributed by atoms with Crippen molar-refractivity contribution in [2.24, 2.45) is 0 Å². The molecule has 0 nitrogen and oxygen atoms in total. The van der Waals surface area contributed by atoms with Crippen LogP contribution in [0.25, 0.3) is 17.2 Å². The van der Waals surface area contributed by atoms with Gasteiger partial charge in [-0.05, 0) is 53.6 Å². The van der Waals surface area contributed by atoms with Crippen LogP contribution < -0.4 is 0 Å². The van der Waals surface area contributed by atoms with Crippen LogP contribution in [0.5, 0.6) is 0 Å². The van der Waals surface area contributed by atoms with E-state index in [2.05, 4.69) is 69.7 Å². The first-order chi connectivity index (χ1) is 9.20. The molecule has 1 aliphatic rings. The number of rotatable bonds is 2. The predicted molar refractivity (Wildman–Crippen MR) is 83.0 cm³/mol. The molecule has 0 saturated heterocycles. The summed E-state index contributed by atoms with van der Waals surface area (Å²) in [6, 6.07) is 13.2. The zero-order chi connectivity index (χ0) is 13.4. The quantitative estimate of drug-likeness (QED) is 0.684. The third-order valence-electron chi connectivity index (χ3n) is 3.92. The summed E-state index contributed by atoms with van der Waals surface area (Å²) in [6.45, 7) is 6.61. The number of aryl methyl sites for hydroxylation is 2. The lowest BCUT2D eigenvalue weighted by molar-refractivity contribution is 1.14. The Balaban J connectivity index is 2.31. The van der Waals surface area contributed by atoms with Crippen LogP contribution in [0.3, 0.4) is 0 Å². The van der Waals surface area contributed by atoms with Crippen molar-refractivity contribution in [1.82, 2.24) is 0 Å². The summed E-state index contributed by atoms with van der Waals surface area (Å²) < 4.78 is 0. The van der Waals surface area contributed by atoms with E-state index >= 15 is 0 Å². The van der Waals surface area contributed by atoms with Gasteiger partial charge in [-0.3, -0.25) is 0 Å². The van der Waals surface area contributed by atoms with E-state index < -0.39 is 0 Å². The first-order valence-electron chi connectivity index (χ1n) is 6.95. The van der Waals surface area contributed by atoms with Crippen molar-refractivity contribution in [3.63, 3.8) is 0 Å². The topological polar surface area (TPSA) is 0 Å². The molecule has 0 N–H and O–H groups in total. The molecule has 0 aromatic heterocycles. The summed E-state index contributed by atoms with van der Waals surface area (Å²) in [5.41, 5.74) is 9.68. The zero-order valence-electron chi connectivity index (χ0n) is 11.8. The molecule has 1 aliphatic carbocycles. The third kappa shape index (κ3) is 2.02. The molecule has 0 spiro atoms. The van der Waals surface area contributed by atoms with Gasteiger partial charge in [-0.2, -0.15) is 0 Å². The molecule has 0 bridgehead atoms. The lowest BCUT2D eigenvalue weighted by Gasteiger charge is -2.15. The molecule has 0 heteroatoms. The van der Waals surface area contributed by atoms with Gasteiger partial charge in [0.1, 0.15) is 0 Å². The summed E-state index contributed by atoms with van der Waals surface area (Å²) in [6.07, 6.45) is 5.66. The van der Waals surface area contributed by atoms with E-state index in [1.807, 2.05) is 0 Å². The Bertz CT molecular complexity index is 660. The maximum atomic E-state index is 2.32. The van der Waals surface area contributed by atoms with E-state index in [-0.39, 0.29) is 0 Å². The molecule has 0 atom stereocenters. The largest absolute Gasteiger partial charge is 0.0642 e. The lowest BCUT2D eigenvalue weighted by Crippen LogP contribution is -1.95. The molecule has 0 amide bonds. The first-order valence-corrected chi connectivity index (χ1v) is 6.95. The van der Waals surface area contributed by atoms with Gasteiger partial charge in [0.15, 0.2) is 0 Å². The molecule has 2 aromatic rings. The Morgan fingerprint density at radius 2 is 1.74 bits per heavy atom. The van der Waals surface area contributed by atoms with Crippen LogP contribution in [0.4, 0.5) is 0 Å². The van der Waals surface area contributed by atoms with Crippen LogP contribution in [-0.2, 0) is 6.42 Å². The molecule has 0 aliphatic heterocycles. The third-order valence-corrected chi connectivity index (χ3v) is 3.92. The normalized spacial score (nSPS) is 13.3. The average Bonchev–Trinajstić information content (AvgIpc) is 2.78. The Morgan fingerprint density at radius 3 is 2.47 bits per heavy atom. The van der Waals surface area contributed by atoms with Crippen molar-refractivity contribution in [3.05, 3.63) is 70.6 Å². The van der Waals surface area contributed by atoms with Gasteiger partial charge < -0.3 is 0 Å². The van der Waals surface area contributed by atoms with E-state index in [0.717, 1.165) is 6.42 Å². The molecule has 19 heavy (non-hydrogen) atoms. The highest BCUT2D eigenvalue weighted by Gasteiger charge is 2.18. The first kappa shape index (κ1) is 12.2. The minimum atomic E-state index is 1.07. The smallest absolute Gasteiger partial charge is 0.0161 e. The molecule has 0 unspecified atom stereocenters. The Hall–Kier alpha value is -1.82. The summed E-state index contributed by atoms with van der Waals surface area (Å²) in [7, 11) is 0. The van der Waals surface area contributed by atoms with Crippen LogP contribution in [-0.4, -0.2) is 0 Å². The van der Waals surface area contributed by atoms with E-state index in [0.29, 0.717) is 0 Å². The van der Waals surface area contributed by atoms with Crippen molar-refractivity contribution in [1.29, 1.82) is 0 Å². The maximum Gasteiger partial charge on any atom is 0.0161 e. The van der Waals surface area contributed by atoms with Gasteiger partial charge >= 0.3 is 0 Å². The number of fused-ring (bicyclic) bond motifs is 1. The highest BCUT2D eigenvalue weighted by atomic mass is 14.2. The van der Waals surface area contributed by atoms with Crippen LogP contribution >= 0.6 is 0 Å². The van der Waals surface area contributed by atoms with E-state index in [9.17, 15) is 0 Å². The number of hydrogen-bond donors (Lipinski definition) is 0. The molecule has 0 fully saturated rings. The van der Waals surface area contributed by atoms with Gasteiger partial charge in [-0.25, -0.2) is 0 Å². The molecular formula is C19H19. The fraction of sp³-hybridized carbons (Fsp3) is 0.211. The van der Waals surface area contributed by atoms with Gasteiger partial charge in [0.25, 0.3) is 0 Å². The molecule has 1 radical (unpaired) electrons. The zero-order valence-corrected chi connectivity index (χ0v) is 11.8. The highest BCUT2D eigenvalue weighted by Crippen LogP contribution is 2.38. The van der Waals surface area contributed by atoms with Gasteiger partial charge in [-0.15, -0.1) is 0 Å². The Morgan fingerprint density at radius 1 is 0.947 bits per heavy atom. The van der Waals surface area contributed by atoms with Crippen molar-refractivity contribution in [2.45, 2.75) is 27.2 Å². The lowest BCUT2D eigenvalue weighted by atomic mass is 9.89. The van der Waals surface area contributed by atoms with E-state index in [1.165, 1.54) is 39.0 Å².